The molecular formula is C22H18FN3O3. The summed E-state index contributed by atoms with van der Waals surface area (Å²) in [5.41, 5.74) is 2.57. The number of hydrogen-bond acceptors (Lipinski definition) is 4. The minimum absolute atomic E-state index is 0.152. The van der Waals surface area contributed by atoms with Crippen molar-refractivity contribution in [1.82, 2.24) is 9.97 Å². The Morgan fingerprint density at radius 1 is 1.41 bits per heavy atom. The average Bonchev–Trinajstić information content (AvgIpc) is 3.06. The fourth-order valence-electron chi connectivity index (χ4n) is 4.00. The van der Waals surface area contributed by atoms with E-state index in [-0.39, 0.29) is 23.7 Å². The minimum atomic E-state index is -1.32. The van der Waals surface area contributed by atoms with Gasteiger partial charge >= 0.3 is 5.97 Å². The standard InChI is InChI=1S/C22H18FN3O3/c1-3-8-26(14-5-6-15(22(28)29)18(23)10-14)20-7-4-13-9-19-17(11-16(13)20)21(27)25-12(2)24-19/h1,5-6,9-11,20H,4,7-8H2,2H3,(H,28,29)(H,24,25,27)/t20-/m0/s1. The maximum Gasteiger partial charge on any atom is 0.338 e. The number of anilines is 1. The van der Waals surface area contributed by atoms with Gasteiger partial charge in [0.2, 0.25) is 0 Å². The molecule has 1 aromatic heterocycles. The fraction of sp³-hybridized carbons (Fsp3) is 0.227. The SMILES string of the molecule is C#CCN(c1ccc(C(=O)O)c(F)c1)[C@H]1CCc2cc3nc(C)[nH]c(=O)c3cc21. The van der Waals surface area contributed by atoms with Gasteiger partial charge in [-0.15, -0.1) is 6.42 Å². The van der Waals surface area contributed by atoms with Crippen LogP contribution in [0.4, 0.5) is 10.1 Å². The lowest BCUT2D eigenvalue weighted by Crippen LogP contribution is -2.28. The van der Waals surface area contributed by atoms with E-state index in [1.807, 2.05) is 17.0 Å². The van der Waals surface area contributed by atoms with Gasteiger partial charge < -0.3 is 15.0 Å². The first-order valence-corrected chi connectivity index (χ1v) is 9.15. The highest BCUT2D eigenvalue weighted by molar-refractivity contribution is 5.88. The average molecular weight is 391 g/mol. The zero-order chi connectivity index (χ0) is 20.7. The van der Waals surface area contributed by atoms with E-state index in [0.29, 0.717) is 22.4 Å². The van der Waals surface area contributed by atoms with E-state index in [4.69, 9.17) is 11.5 Å². The summed E-state index contributed by atoms with van der Waals surface area (Å²) in [7, 11) is 0. The second kappa shape index (κ2) is 7.06. The topological polar surface area (TPSA) is 86.3 Å². The number of nitrogens with one attached hydrogen (secondary N) is 1. The number of rotatable bonds is 4. The van der Waals surface area contributed by atoms with Crippen LogP contribution < -0.4 is 10.5 Å². The number of hydrogen-bond donors (Lipinski definition) is 2. The Kier molecular flexibility index (Phi) is 4.55. The largest absolute Gasteiger partial charge is 0.478 e. The molecule has 0 bridgehead atoms. The highest BCUT2D eigenvalue weighted by atomic mass is 19.1. The van der Waals surface area contributed by atoms with Gasteiger partial charge in [-0.2, -0.15) is 0 Å². The van der Waals surface area contributed by atoms with Gasteiger partial charge in [0.05, 0.1) is 29.1 Å². The number of aromatic carboxylic acids is 1. The van der Waals surface area contributed by atoms with Gasteiger partial charge in [0.1, 0.15) is 11.6 Å². The van der Waals surface area contributed by atoms with E-state index >= 15 is 0 Å². The molecule has 0 fully saturated rings. The van der Waals surface area contributed by atoms with Gasteiger partial charge in [-0.05, 0) is 61.2 Å². The summed E-state index contributed by atoms with van der Waals surface area (Å²) in [5.74, 6) is 1.01. The number of carbonyl (C=O) groups is 1. The number of aromatic nitrogens is 2. The maximum atomic E-state index is 14.3. The first-order chi connectivity index (χ1) is 13.9. The third kappa shape index (κ3) is 3.23. The van der Waals surface area contributed by atoms with Crippen LogP contribution >= 0.6 is 0 Å². The Balaban J connectivity index is 1.81. The quantitative estimate of drug-likeness (QED) is 0.667. The lowest BCUT2D eigenvalue weighted by Gasteiger charge is -2.30. The number of H-pyrrole nitrogens is 1. The molecule has 1 atom stereocenters. The third-order valence-corrected chi connectivity index (χ3v) is 5.28. The van der Waals surface area contributed by atoms with Gasteiger partial charge in [-0.3, -0.25) is 4.79 Å². The summed E-state index contributed by atoms with van der Waals surface area (Å²) < 4.78 is 14.3. The molecule has 0 amide bonds. The molecule has 1 heterocycles. The molecule has 4 rings (SSSR count). The van der Waals surface area contributed by atoms with Crippen LogP contribution in [0.15, 0.2) is 35.1 Å². The second-order valence-electron chi connectivity index (χ2n) is 7.08. The summed E-state index contributed by atoms with van der Waals surface area (Å²) in [6, 6.07) is 7.59. The van der Waals surface area contributed by atoms with Crippen LogP contribution in [0.25, 0.3) is 10.9 Å². The molecule has 2 aromatic carbocycles. The number of nitrogens with zero attached hydrogens (tertiary/aromatic N) is 2. The van der Waals surface area contributed by atoms with Gasteiger partial charge in [0.15, 0.2) is 0 Å². The van der Waals surface area contributed by atoms with Crippen molar-refractivity contribution in [3.05, 3.63) is 69.0 Å². The minimum Gasteiger partial charge on any atom is -0.478 e. The van der Waals surface area contributed by atoms with Crippen LogP contribution in [0.3, 0.4) is 0 Å². The number of terminal acetylenes is 1. The molecule has 0 spiro atoms. The van der Waals surface area contributed by atoms with E-state index in [1.54, 1.807) is 13.0 Å². The predicted molar refractivity (Wildman–Crippen MR) is 108 cm³/mol. The van der Waals surface area contributed by atoms with Crippen LogP contribution in [0.1, 0.15) is 39.8 Å². The number of carboxylic acids is 1. The number of aromatic amines is 1. The van der Waals surface area contributed by atoms with Crippen LogP contribution in [0, 0.1) is 25.1 Å². The fourth-order valence-corrected chi connectivity index (χ4v) is 4.00. The van der Waals surface area contributed by atoms with Crippen molar-refractivity contribution in [2.24, 2.45) is 0 Å². The number of aryl methyl sites for hydroxylation is 2. The van der Waals surface area contributed by atoms with Crippen molar-refractivity contribution in [3.8, 4) is 12.3 Å². The number of halogens is 1. The Morgan fingerprint density at radius 2 is 2.21 bits per heavy atom. The van der Waals surface area contributed by atoms with Crippen LogP contribution in [0.2, 0.25) is 0 Å². The van der Waals surface area contributed by atoms with Crippen LogP contribution in [0.5, 0.6) is 0 Å². The van der Waals surface area contributed by atoms with Crippen molar-refractivity contribution < 1.29 is 14.3 Å². The molecule has 0 saturated heterocycles. The second-order valence-corrected chi connectivity index (χ2v) is 7.08. The van der Waals surface area contributed by atoms with Gasteiger partial charge in [0.25, 0.3) is 5.56 Å². The van der Waals surface area contributed by atoms with Crippen LogP contribution in [-0.2, 0) is 6.42 Å². The van der Waals surface area contributed by atoms with Crippen molar-refractivity contribution in [2.75, 3.05) is 11.4 Å². The predicted octanol–water partition coefficient (Wildman–Crippen LogP) is 3.20. The summed E-state index contributed by atoms with van der Waals surface area (Å²) in [4.78, 5) is 32.5. The summed E-state index contributed by atoms with van der Waals surface area (Å²) in [6.45, 7) is 1.96. The molecule has 146 valence electrons. The summed E-state index contributed by atoms with van der Waals surface area (Å²) in [5, 5.41) is 9.56. The number of fused-ring (bicyclic) bond motifs is 2. The Bertz CT molecular complexity index is 1240. The molecule has 6 nitrogen and oxygen atoms in total. The van der Waals surface area contributed by atoms with Crippen molar-refractivity contribution in [3.63, 3.8) is 0 Å². The van der Waals surface area contributed by atoms with E-state index in [1.165, 1.54) is 12.1 Å². The molecule has 7 heteroatoms. The molecule has 1 aliphatic rings. The summed E-state index contributed by atoms with van der Waals surface area (Å²) in [6.07, 6.45) is 7.08. The normalized spacial score (nSPS) is 15.1. The maximum absolute atomic E-state index is 14.3. The molecular weight excluding hydrogens is 373 g/mol. The zero-order valence-electron chi connectivity index (χ0n) is 15.7. The monoisotopic (exact) mass is 391 g/mol. The Hall–Kier alpha value is -3.66. The molecule has 3 aromatic rings. The molecule has 29 heavy (non-hydrogen) atoms. The molecule has 0 aliphatic heterocycles. The smallest absolute Gasteiger partial charge is 0.338 e. The van der Waals surface area contributed by atoms with Crippen LogP contribution in [-0.4, -0.2) is 27.6 Å². The molecule has 1 aliphatic carbocycles. The third-order valence-electron chi connectivity index (χ3n) is 5.28. The van der Waals surface area contributed by atoms with E-state index < -0.39 is 11.8 Å². The molecule has 0 saturated carbocycles. The van der Waals surface area contributed by atoms with E-state index in [2.05, 4.69) is 15.9 Å². The Labute approximate surface area is 166 Å². The summed E-state index contributed by atoms with van der Waals surface area (Å²) >= 11 is 0. The number of benzene rings is 2. The first kappa shape index (κ1) is 18.7. The van der Waals surface area contributed by atoms with Gasteiger partial charge in [-0.1, -0.05) is 5.92 Å². The highest BCUT2D eigenvalue weighted by Crippen LogP contribution is 2.39. The Morgan fingerprint density at radius 3 is 2.90 bits per heavy atom. The van der Waals surface area contributed by atoms with Gasteiger partial charge in [0, 0.05) is 5.69 Å². The molecule has 0 unspecified atom stereocenters. The lowest BCUT2D eigenvalue weighted by atomic mass is 10.0. The van der Waals surface area contributed by atoms with Crippen molar-refractivity contribution in [1.29, 1.82) is 0 Å². The molecule has 0 radical (unpaired) electrons. The number of carboxylic acid groups (broad SMARTS) is 1. The highest BCUT2D eigenvalue weighted by Gasteiger charge is 2.29. The van der Waals surface area contributed by atoms with Crippen molar-refractivity contribution in [2.45, 2.75) is 25.8 Å². The zero-order valence-corrected chi connectivity index (χ0v) is 15.7. The van der Waals surface area contributed by atoms with Gasteiger partial charge in [-0.25, -0.2) is 14.2 Å². The van der Waals surface area contributed by atoms with E-state index in [9.17, 15) is 14.0 Å². The van der Waals surface area contributed by atoms with Crippen molar-refractivity contribution >= 4 is 22.6 Å². The molecule has 2 N–H and O–H groups in total. The lowest BCUT2D eigenvalue weighted by molar-refractivity contribution is 0.0692. The van der Waals surface area contributed by atoms with E-state index in [0.717, 1.165) is 24.0 Å². The first-order valence-electron chi connectivity index (χ1n) is 9.15.